The van der Waals surface area contributed by atoms with Crippen molar-refractivity contribution in [2.24, 2.45) is 5.92 Å². The van der Waals surface area contributed by atoms with Gasteiger partial charge in [-0.1, -0.05) is 11.6 Å². The number of nitrogens with zero attached hydrogens (tertiary/aromatic N) is 6. The first-order valence-corrected chi connectivity index (χ1v) is 16.4. The molecule has 3 fully saturated rings. The number of halogens is 3. The highest BCUT2D eigenvalue weighted by Crippen LogP contribution is 2.42. The van der Waals surface area contributed by atoms with E-state index in [0.29, 0.717) is 73.0 Å². The molecule has 5 aliphatic heterocycles. The topological polar surface area (TPSA) is 104 Å². The number of fused-ring (bicyclic) bond motifs is 8. The Labute approximate surface area is 264 Å². The fourth-order valence-electron chi connectivity index (χ4n) is 7.81. The Morgan fingerprint density at radius 1 is 1.13 bits per heavy atom. The van der Waals surface area contributed by atoms with Crippen LogP contribution in [0, 0.1) is 11.7 Å². The van der Waals surface area contributed by atoms with Gasteiger partial charge in [-0.2, -0.15) is 15.1 Å². The van der Waals surface area contributed by atoms with E-state index in [1.807, 2.05) is 6.07 Å². The Balaban J connectivity index is 1.29. The zero-order valence-corrected chi connectivity index (χ0v) is 25.9. The molecule has 238 valence electrons. The van der Waals surface area contributed by atoms with Gasteiger partial charge in [0.1, 0.15) is 29.8 Å². The molecule has 2 N–H and O–H groups in total. The van der Waals surface area contributed by atoms with Crippen LogP contribution in [0.5, 0.6) is 6.01 Å². The van der Waals surface area contributed by atoms with Crippen molar-refractivity contribution in [3.05, 3.63) is 34.9 Å². The van der Waals surface area contributed by atoms with E-state index in [-0.39, 0.29) is 35.3 Å². The number of anilines is 1. The number of aromatic nitrogens is 5. The number of alkyl halides is 1. The summed E-state index contributed by atoms with van der Waals surface area (Å²) in [6.45, 7) is 5.66. The summed E-state index contributed by atoms with van der Waals surface area (Å²) >= 11 is 6.83. The van der Waals surface area contributed by atoms with Crippen molar-refractivity contribution in [3.63, 3.8) is 0 Å². The molecule has 0 aliphatic carbocycles. The second-order valence-electron chi connectivity index (χ2n) is 13.0. The van der Waals surface area contributed by atoms with Crippen LogP contribution in [-0.2, 0) is 11.2 Å². The molecular formula is C32H37ClF2N8O2. The van der Waals surface area contributed by atoms with E-state index in [9.17, 15) is 4.39 Å². The highest BCUT2D eigenvalue weighted by Gasteiger charge is 2.49. The molecule has 0 amide bonds. The van der Waals surface area contributed by atoms with Crippen molar-refractivity contribution in [1.29, 1.82) is 0 Å². The summed E-state index contributed by atoms with van der Waals surface area (Å²) in [6.07, 6.45) is 7.06. The second-order valence-corrected chi connectivity index (χ2v) is 13.4. The molecule has 0 spiro atoms. The van der Waals surface area contributed by atoms with Crippen LogP contribution in [0.3, 0.4) is 0 Å². The van der Waals surface area contributed by atoms with Gasteiger partial charge in [-0.05, 0) is 50.3 Å². The van der Waals surface area contributed by atoms with Gasteiger partial charge >= 0.3 is 6.01 Å². The number of aromatic amines is 1. The molecule has 6 bridgehead atoms. The van der Waals surface area contributed by atoms with E-state index < -0.39 is 12.0 Å². The van der Waals surface area contributed by atoms with Crippen LogP contribution >= 0.6 is 11.6 Å². The molecule has 1 unspecified atom stereocenters. The fourth-order valence-corrected chi connectivity index (χ4v) is 8.11. The molecule has 5 aliphatic rings. The van der Waals surface area contributed by atoms with Gasteiger partial charge in [-0.25, -0.2) is 8.78 Å². The van der Waals surface area contributed by atoms with E-state index in [4.69, 9.17) is 31.0 Å². The summed E-state index contributed by atoms with van der Waals surface area (Å²) in [7, 11) is 0. The quantitative estimate of drug-likeness (QED) is 0.331. The van der Waals surface area contributed by atoms with E-state index in [0.717, 1.165) is 56.3 Å². The first kappa shape index (κ1) is 29.2. The van der Waals surface area contributed by atoms with Gasteiger partial charge in [0.15, 0.2) is 5.82 Å². The van der Waals surface area contributed by atoms with E-state index in [2.05, 4.69) is 30.3 Å². The van der Waals surface area contributed by atoms with E-state index >= 15 is 4.39 Å². The summed E-state index contributed by atoms with van der Waals surface area (Å²) in [5.74, 6) is 0.226. The number of hydrogen-bond donors (Lipinski definition) is 2. The van der Waals surface area contributed by atoms with Gasteiger partial charge in [-0.3, -0.25) is 15.0 Å². The van der Waals surface area contributed by atoms with Gasteiger partial charge in [0.2, 0.25) is 0 Å². The highest BCUT2D eigenvalue weighted by atomic mass is 35.5. The van der Waals surface area contributed by atoms with Crippen LogP contribution in [0.15, 0.2) is 18.5 Å². The van der Waals surface area contributed by atoms with Crippen LogP contribution < -0.4 is 15.0 Å². The average Bonchev–Trinajstić information content (AvgIpc) is 3.67. The van der Waals surface area contributed by atoms with Crippen LogP contribution in [0.1, 0.15) is 37.7 Å². The first-order valence-electron chi connectivity index (χ1n) is 16.1. The van der Waals surface area contributed by atoms with E-state index in [1.54, 1.807) is 12.4 Å². The number of nitrogens with one attached hydrogen (secondary N) is 2. The van der Waals surface area contributed by atoms with Crippen LogP contribution in [-0.4, -0.2) is 101 Å². The molecule has 4 aromatic rings. The molecule has 0 radical (unpaired) electrons. The van der Waals surface area contributed by atoms with E-state index in [1.165, 1.54) is 0 Å². The van der Waals surface area contributed by atoms with Crippen molar-refractivity contribution < 1.29 is 18.3 Å². The molecule has 3 aromatic heterocycles. The smallest absolute Gasteiger partial charge is 0.319 e. The van der Waals surface area contributed by atoms with Crippen molar-refractivity contribution in [3.8, 4) is 17.3 Å². The van der Waals surface area contributed by atoms with Gasteiger partial charge < -0.3 is 19.7 Å². The summed E-state index contributed by atoms with van der Waals surface area (Å²) in [5, 5.41) is 12.5. The molecule has 3 saturated heterocycles. The third-order valence-corrected chi connectivity index (χ3v) is 10.3. The van der Waals surface area contributed by atoms with Crippen molar-refractivity contribution in [1.82, 2.24) is 35.4 Å². The molecule has 1 aromatic carbocycles. The zero-order chi connectivity index (χ0) is 30.5. The second kappa shape index (κ2) is 11.9. The number of H-pyrrole nitrogens is 1. The first-order chi connectivity index (χ1) is 22.0. The van der Waals surface area contributed by atoms with Gasteiger partial charge in [-0.15, -0.1) is 0 Å². The molecule has 8 heterocycles. The predicted octanol–water partition coefficient (Wildman–Crippen LogP) is 4.69. The lowest BCUT2D eigenvalue weighted by Crippen LogP contribution is -2.43. The Morgan fingerprint density at radius 3 is 3.00 bits per heavy atom. The molecule has 10 nitrogen and oxygen atoms in total. The van der Waals surface area contributed by atoms with Crippen LogP contribution in [0.2, 0.25) is 5.02 Å². The van der Waals surface area contributed by atoms with Gasteiger partial charge in [0.25, 0.3) is 0 Å². The number of rotatable bonds is 3. The minimum atomic E-state index is -0.879. The standard InChI is InChI=1S/C32H37ClF2N8O2/c33-24-10-25-22(14-38-41-25)26-21(24)4-1-2-9-44-17-19-12-36-6-8-42(15-19)30-23-13-37-29(26)27(35)28(23)39-31(40-30)45-18-32-5-3-7-43(32)16-20(34)11-32/h10,13-14,19-20,36H,1-9,11-12,15-18H2,(H,38,41)/t19?,20-,32+/m1/s1. The lowest BCUT2D eigenvalue weighted by molar-refractivity contribution is 0.0993. The van der Waals surface area contributed by atoms with Gasteiger partial charge in [0, 0.05) is 73.8 Å². The van der Waals surface area contributed by atoms with Crippen LogP contribution in [0.25, 0.3) is 33.1 Å². The lowest BCUT2D eigenvalue weighted by Gasteiger charge is -2.31. The number of ether oxygens (including phenoxy) is 2. The maximum absolute atomic E-state index is 17.0. The Morgan fingerprint density at radius 2 is 2.07 bits per heavy atom. The third kappa shape index (κ3) is 5.29. The van der Waals surface area contributed by atoms with Crippen molar-refractivity contribution in [2.75, 3.05) is 64.0 Å². The Kier molecular flexibility index (Phi) is 7.71. The SMILES string of the molecule is Fc1c2ncc3c(nc(OC[C@@]45CCCN4C[C@H](F)C5)nc13)N1CCNCC(COCCCCc3c(Cl)cc4[nH]ncc4c3-2)C1. The molecule has 3 atom stereocenters. The predicted molar refractivity (Wildman–Crippen MR) is 168 cm³/mol. The lowest BCUT2D eigenvalue weighted by atomic mass is 9.95. The molecule has 9 rings (SSSR count). The normalized spacial score (nSPS) is 26.1. The maximum Gasteiger partial charge on any atom is 0.319 e. The monoisotopic (exact) mass is 638 g/mol. The molecule has 0 saturated carbocycles. The Bertz CT molecular complexity index is 1740. The largest absolute Gasteiger partial charge is 0.461 e. The Hall–Kier alpha value is -3.19. The number of hydrogen-bond acceptors (Lipinski definition) is 9. The third-order valence-electron chi connectivity index (χ3n) is 10.00. The minimum Gasteiger partial charge on any atom is -0.461 e. The van der Waals surface area contributed by atoms with Gasteiger partial charge in [0.05, 0.1) is 29.2 Å². The minimum absolute atomic E-state index is 0.0861. The van der Waals surface area contributed by atoms with Crippen LogP contribution in [0.4, 0.5) is 14.6 Å². The van der Waals surface area contributed by atoms with Crippen molar-refractivity contribution in [2.45, 2.75) is 50.2 Å². The highest BCUT2D eigenvalue weighted by molar-refractivity contribution is 6.33. The maximum atomic E-state index is 17.0. The average molecular weight is 639 g/mol. The summed E-state index contributed by atoms with van der Waals surface area (Å²) in [6, 6.07) is 1.92. The van der Waals surface area contributed by atoms with Crippen molar-refractivity contribution >= 4 is 39.2 Å². The fraction of sp³-hybridized carbons (Fsp3) is 0.562. The molecule has 45 heavy (non-hydrogen) atoms. The molecular weight excluding hydrogens is 602 g/mol. The molecule has 13 heteroatoms. The number of pyridine rings is 1. The summed E-state index contributed by atoms with van der Waals surface area (Å²) < 4.78 is 44.0. The zero-order valence-electron chi connectivity index (χ0n) is 25.1. The summed E-state index contributed by atoms with van der Waals surface area (Å²) in [5.41, 5.74) is 2.05. The number of benzene rings is 1. The summed E-state index contributed by atoms with van der Waals surface area (Å²) in [4.78, 5) is 18.6.